The summed E-state index contributed by atoms with van der Waals surface area (Å²) in [5.74, 6) is -0.382. The van der Waals surface area contributed by atoms with Gasteiger partial charge in [-0.3, -0.25) is 14.9 Å². The number of carbonyl (C=O) groups excluding carboxylic acids is 1. The molecule has 114 valence electrons. The zero-order valence-electron chi connectivity index (χ0n) is 11.8. The number of rotatable bonds is 3. The van der Waals surface area contributed by atoms with Crippen molar-refractivity contribution in [3.8, 4) is 0 Å². The van der Waals surface area contributed by atoms with Crippen molar-refractivity contribution in [2.45, 2.75) is 19.4 Å². The van der Waals surface area contributed by atoms with E-state index in [0.717, 1.165) is 0 Å². The molecule has 21 heavy (non-hydrogen) atoms. The van der Waals surface area contributed by atoms with Crippen LogP contribution in [-0.4, -0.2) is 48.7 Å². The lowest BCUT2D eigenvalue weighted by Crippen LogP contribution is -2.37. The molecule has 1 heterocycles. The van der Waals surface area contributed by atoms with Crippen molar-refractivity contribution in [2.75, 3.05) is 18.6 Å². The van der Waals surface area contributed by atoms with Crippen LogP contribution in [0, 0.1) is 17.0 Å². The van der Waals surface area contributed by atoms with Crippen LogP contribution >= 0.6 is 0 Å². The standard InChI is InChI=1S/C13H16N2O5S/c1-9-3-4-10(7-12(9)15(17)18)13(16)14(2)11-5-6-21(19,20)8-11/h3-4,7,11H,5-6,8H2,1-2H3/t11-/m1/s1. The van der Waals surface area contributed by atoms with Crippen LogP contribution in [0.25, 0.3) is 0 Å². The van der Waals surface area contributed by atoms with Crippen LogP contribution in [0.15, 0.2) is 18.2 Å². The summed E-state index contributed by atoms with van der Waals surface area (Å²) in [5, 5.41) is 10.9. The molecule has 0 radical (unpaired) electrons. The molecule has 1 aliphatic heterocycles. The Morgan fingerprint density at radius 1 is 1.43 bits per heavy atom. The highest BCUT2D eigenvalue weighted by Crippen LogP contribution is 2.22. The highest BCUT2D eigenvalue weighted by Gasteiger charge is 2.33. The normalized spacial score (nSPS) is 20.2. The predicted molar refractivity (Wildman–Crippen MR) is 77.0 cm³/mol. The van der Waals surface area contributed by atoms with Crippen molar-refractivity contribution in [3.63, 3.8) is 0 Å². The maximum absolute atomic E-state index is 12.3. The SMILES string of the molecule is Cc1ccc(C(=O)N(C)[C@@H]2CCS(=O)(=O)C2)cc1[N+](=O)[O-]. The number of nitro benzene ring substituents is 1. The van der Waals surface area contributed by atoms with E-state index in [4.69, 9.17) is 0 Å². The Kier molecular flexibility index (Phi) is 3.99. The molecular weight excluding hydrogens is 296 g/mol. The van der Waals surface area contributed by atoms with E-state index in [0.29, 0.717) is 12.0 Å². The summed E-state index contributed by atoms with van der Waals surface area (Å²) in [5.41, 5.74) is 0.551. The molecule has 1 atom stereocenters. The molecule has 0 bridgehead atoms. The van der Waals surface area contributed by atoms with Crippen molar-refractivity contribution in [3.05, 3.63) is 39.4 Å². The Morgan fingerprint density at radius 2 is 2.10 bits per heavy atom. The van der Waals surface area contributed by atoms with Gasteiger partial charge in [0, 0.05) is 30.3 Å². The lowest BCUT2D eigenvalue weighted by atomic mass is 10.1. The fourth-order valence-corrected chi connectivity index (χ4v) is 4.16. The Balaban J connectivity index is 2.24. The summed E-state index contributed by atoms with van der Waals surface area (Å²) >= 11 is 0. The molecule has 1 saturated heterocycles. The quantitative estimate of drug-likeness (QED) is 0.616. The third kappa shape index (κ3) is 3.21. The molecule has 1 aromatic rings. The van der Waals surface area contributed by atoms with E-state index < -0.39 is 20.7 Å². The van der Waals surface area contributed by atoms with Crippen molar-refractivity contribution in [1.29, 1.82) is 0 Å². The highest BCUT2D eigenvalue weighted by molar-refractivity contribution is 7.91. The van der Waals surface area contributed by atoms with E-state index in [1.165, 1.54) is 30.1 Å². The van der Waals surface area contributed by atoms with E-state index in [2.05, 4.69) is 0 Å². The second-order valence-electron chi connectivity index (χ2n) is 5.23. The number of nitro groups is 1. The minimum absolute atomic E-state index is 0.0524. The number of benzene rings is 1. The fourth-order valence-electron chi connectivity index (χ4n) is 2.39. The average molecular weight is 312 g/mol. The summed E-state index contributed by atoms with van der Waals surface area (Å²) in [6.07, 6.45) is 0.401. The van der Waals surface area contributed by atoms with E-state index in [1.54, 1.807) is 6.92 Å². The Hall–Kier alpha value is -1.96. The minimum Gasteiger partial charge on any atom is -0.338 e. The van der Waals surface area contributed by atoms with Crippen molar-refractivity contribution >= 4 is 21.4 Å². The van der Waals surface area contributed by atoms with Crippen LogP contribution in [0.2, 0.25) is 0 Å². The van der Waals surface area contributed by atoms with E-state index >= 15 is 0 Å². The van der Waals surface area contributed by atoms with Gasteiger partial charge in [-0.05, 0) is 19.4 Å². The van der Waals surface area contributed by atoms with E-state index in [9.17, 15) is 23.3 Å². The maximum atomic E-state index is 12.3. The number of nitrogens with zero attached hydrogens (tertiary/aromatic N) is 2. The average Bonchev–Trinajstić information content (AvgIpc) is 2.77. The second kappa shape index (κ2) is 5.44. The van der Waals surface area contributed by atoms with Gasteiger partial charge < -0.3 is 4.90 Å². The van der Waals surface area contributed by atoms with Crippen molar-refractivity contribution < 1.29 is 18.1 Å². The lowest BCUT2D eigenvalue weighted by Gasteiger charge is -2.23. The number of sulfone groups is 1. The van der Waals surface area contributed by atoms with Gasteiger partial charge in [-0.1, -0.05) is 6.07 Å². The molecule has 0 N–H and O–H groups in total. The molecule has 0 saturated carbocycles. The molecule has 0 aromatic heterocycles. The highest BCUT2D eigenvalue weighted by atomic mass is 32.2. The molecule has 1 aromatic carbocycles. The van der Waals surface area contributed by atoms with Gasteiger partial charge in [-0.25, -0.2) is 8.42 Å². The Morgan fingerprint density at radius 3 is 2.62 bits per heavy atom. The van der Waals surface area contributed by atoms with Crippen LogP contribution in [-0.2, 0) is 9.84 Å². The largest absolute Gasteiger partial charge is 0.338 e. The summed E-state index contributed by atoms with van der Waals surface area (Å²) in [6.45, 7) is 1.60. The third-order valence-corrected chi connectivity index (χ3v) is 5.48. The number of aryl methyl sites for hydroxylation is 1. The van der Waals surface area contributed by atoms with Crippen LogP contribution in [0.4, 0.5) is 5.69 Å². The van der Waals surface area contributed by atoms with Crippen LogP contribution < -0.4 is 0 Å². The predicted octanol–water partition coefficient (Wildman–Crippen LogP) is 1.16. The van der Waals surface area contributed by atoms with Gasteiger partial charge in [0.05, 0.1) is 16.4 Å². The molecule has 0 spiro atoms. The van der Waals surface area contributed by atoms with Crippen molar-refractivity contribution in [1.82, 2.24) is 4.90 Å². The second-order valence-corrected chi connectivity index (χ2v) is 7.46. The summed E-state index contributed by atoms with van der Waals surface area (Å²) in [7, 11) is -1.56. The van der Waals surface area contributed by atoms with Crippen molar-refractivity contribution in [2.24, 2.45) is 0 Å². The molecule has 2 rings (SSSR count). The Labute approximate surface area is 122 Å². The molecule has 0 aliphatic carbocycles. The van der Waals surface area contributed by atoms with Gasteiger partial charge in [-0.15, -0.1) is 0 Å². The molecular formula is C13H16N2O5S. The maximum Gasteiger partial charge on any atom is 0.273 e. The molecule has 1 aliphatic rings. The number of hydrogen-bond donors (Lipinski definition) is 0. The fraction of sp³-hybridized carbons (Fsp3) is 0.462. The number of hydrogen-bond acceptors (Lipinski definition) is 5. The van der Waals surface area contributed by atoms with Gasteiger partial charge in [0.1, 0.15) is 0 Å². The number of carbonyl (C=O) groups is 1. The third-order valence-electron chi connectivity index (χ3n) is 3.73. The lowest BCUT2D eigenvalue weighted by molar-refractivity contribution is -0.385. The van der Waals surface area contributed by atoms with Gasteiger partial charge >= 0.3 is 0 Å². The molecule has 0 unspecified atom stereocenters. The van der Waals surface area contributed by atoms with Crippen LogP contribution in [0.5, 0.6) is 0 Å². The molecule has 7 nitrogen and oxygen atoms in total. The monoisotopic (exact) mass is 312 g/mol. The van der Waals surface area contributed by atoms with Crippen LogP contribution in [0.1, 0.15) is 22.3 Å². The first-order chi connectivity index (χ1) is 9.71. The topological polar surface area (TPSA) is 97.6 Å². The first kappa shape index (κ1) is 15.4. The van der Waals surface area contributed by atoms with Gasteiger partial charge in [-0.2, -0.15) is 0 Å². The molecule has 1 amide bonds. The minimum atomic E-state index is -3.09. The van der Waals surface area contributed by atoms with Crippen LogP contribution in [0.3, 0.4) is 0 Å². The number of amides is 1. The zero-order valence-corrected chi connectivity index (χ0v) is 12.6. The zero-order chi connectivity index (χ0) is 15.8. The summed E-state index contributed by atoms with van der Waals surface area (Å²) in [6, 6.07) is 3.90. The van der Waals surface area contributed by atoms with Gasteiger partial charge in [0.15, 0.2) is 9.84 Å². The summed E-state index contributed by atoms with van der Waals surface area (Å²) < 4.78 is 22.9. The van der Waals surface area contributed by atoms with Gasteiger partial charge in [0.25, 0.3) is 11.6 Å². The molecule has 1 fully saturated rings. The van der Waals surface area contributed by atoms with Gasteiger partial charge in [0.2, 0.25) is 0 Å². The Bertz CT molecular complexity index is 699. The van der Waals surface area contributed by atoms with E-state index in [-0.39, 0.29) is 28.8 Å². The summed E-state index contributed by atoms with van der Waals surface area (Å²) in [4.78, 5) is 24.1. The molecule has 8 heteroatoms. The van der Waals surface area contributed by atoms with E-state index in [1.807, 2.05) is 0 Å². The first-order valence-electron chi connectivity index (χ1n) is 6.44. The first-order valence-corrected chi connectivity index (χ1v) is 8.26. The smallest absolute Gasteiger partial charge is 0.273 e.